The number of rotatable bonds is 7. The number of amides is 2. The topological polar surface area (TPSA) is 67.9 Å². The van der Waals surface area contributed by atoms with Gasteiger partial charge in [0.1, 0.15) is 0 Å². The van der Waals surface area contributed by atoms with Gasteiger partial charge in [-0.2, -0.15) is 0 Å². The van der Waals surface area contributed by atoms with Gasteiger partial charge in [-0.25, -0.2) is 0 Å². The van der Waals surface area contributed by atoms with Crippen LogP contribution in [-0.4, -0.2) is 43.0 Å². The second-order valence-corrected chi connectivity index (χ2v) is 7.05. The fraction of sp³-hybridized carbons (Fsp3) is 0.391. The lowest BCUT2D eigenvalue weighted by molar-refractivity contribution is -0.122. The normalized spacial score (nSPS) is 14.8. The van der Waals surface area contributed by atoms with Gasteiger partial charge in [-0.1, -0.05) is 31.2 Å². The highest BCUT2D eigenvalue weighted by Gasteiger charge is 2.24. The van der Waals surface area contributed by atoms with Crippen molar-refractivity contribution in [3.8, 4) is 11.5 Å². The molecule has 1 fully saturated rings. The molecule has 6 heteroatoms. The summed E-state index contributed by atoms with van der Waals surface area (Å²) in [4.78, 5) is 27.7. The summed E-state index contributed by atoms with van der Waals surface area (Å²) in [5.41, 5.74) is 1.02. The van der Waals surface area contributed by atoms with Gasteiger partial charge in [0.15, 0.2) is 17.6 Å². The minimum Gasteiger partial charge on any atom is -0.493 e. The molecule has 29 heavy (non-hydrogen) atoms. The first-order valence-electron chi connectivity index (χ1n) is 10.1. The number of carbonyl (C=O) groups is 2. The zero-order valence-corrected chi connectivity index (χ0v) is 17.0. The van der Waals surface area contributed by atoms with E-state index in [2.05, 4.69) is 5.32 Å². The lowest BCUT2D eigenvalue weighted by Crippen LogP contribution is -2.37. The lowest BCUT2D eigenvalue weighted by atomic mass is 10.1. The smallest absolute Gasteiger partial charge is 0.265 e. The molecule has 1 atom stereocenters. The van der Waals surface area contributed by atoms with E-state index < -0.39 is 6.10 Å². The molecule has 0 radical (unpaired) electrons. The van der Waals surface area contributed by atoms with Crippen molar-refractivity contribution >= 4 is 17.5 Å². The molecule has 1 N–H and O–H groups in total. The minimum atomic E-state index is -0.704. The van der Waals surface area contributed by atoms with Crippen LogP contribution in [0.3, 0.4) is 0 Å². The molecule has 1 saturated heterocycles. The van der Waals surface area contributed by atoms with Gasteiger partial charge in [0.25, 0.3) is 11.8 Å². The number of nitrogens with zero attached hydrogens (tertiary/aromatic N) is 1. The predicted octanol–water partition coefficient (Wildman–Crippen LogP) is 4.12. The molecule has 2 aromatic carbocycles. The van der Waals surface area contributed by atoms with Crippen LogP contribution in [0.4, 0.5) is 5.69 Å². The number of nitrogens with one attached hydrogen (secondary N) is 1. The van der Waals surface area contributed by atoms with Crippen LogP contribution in [0.2, 0.25) is 0 Å². The van der Waals surface area contributed by atoms with E-state index in [1.165, 1.54) is 0 Å². The summed E-state index contributed by atoms with van der Waals surface area (Å²) in [6.07, 6.45) is 2.97. The Kier molecular flexibility index (Phi) is 7.11. The number of carbonyl (C=O) groups excluding carboxylic acids is 2. The van der Waals surface area contributed by atoms with Gasteiger partial charge in [0.2, 0.25) is 0 Å². The third kappa shape index (κ3) is 5.08. The minimum absolute atomic E-state index is 0.0423. The Hall–Kier alpha value is -3.02. The van der Waals surface area contributed by atoms with Gasteiger partial charge >= 0.3 is 0 Å². The van der Waals surface area contributed by atoms with E-state index in [9.17, 15) is 9.59 Å². The molecule has 0 spiro atoms. The number of hydrogen-bond acceptors (Lipinski definition) is 4. The van der Waals surface area contributed by atoms with Gasteiger partial charge < -0.3 is 19.7 Å². The maximum atomic E-state index is 12.9. The number of ether oxygens (including phenoxy) is 2. The molecule has 2 aromatic rings. The van der Waals surface area contributed by atoms with Crippen LogP contribution in [0.1, 0.15) is 43.0 Å². The molecule has 0 aliphatic carbocycles. The number of anilines is 1. The van der Waals surface area contributed by atoms with E-state index in [1.54, 1.807) is 31.4 Å². The van der Waals surface area contributed by atoms with Crippen molar-refractivity contribution in [2.75, 3.05) is 25.5 Å². The van der Waals surface area contributed by atoms with Crippen LogP contribution in [-0.2, 0) is 4.79 Å². The Bertz CT molecular complexity index is 846. The molecule has 1 aliphatic rings. The van der Waals surface area contributed by atoms with Crippen molar-refractivity contribution in [2.45, 2.75) is 38.7 Å². The van der Waals surface area contributed by atoms with Crippen LogP contribution >= 0.6 is 0 Å². The van der Waals surface area contributed by atoms with Crippen LogP contribution in [0, 0.1) is 0 Å². The Balaban J connectivity index is 1.74. The summed E-state index contributed by atoms with van der Waals surface area (Å²) >= 11 is 0. The number of para-hydroxylation sites is 3. The average Bonchev–Trinajstić information content (AvgIpc) is 2.78. The molecule has 6 nitrogen and oxygen atoms in total. The summed E-state index contributed by atoms with van der Waals surface area (Å²) < 4.78 is 11.2. The standard InChI is InChI=1S/C23H28N2O4/c1-3-19(29-21-14-8-7-13-20(21)28-2)22(26)24-18-12-6-5-11-17(18)23(27)25-15-9-4-10-16-25/h5-8,11-14,19H,3-4,9-10,15-16H2,1-2H3,(H,24,26)/t19-/m1/s1. The second kappa shape index (κ2) is 9.96. The Labute approximate surface area is 171 Å². The summed E-state index contributed by atoms with van der Waals surface area (Å²) in [5, 5.41) is 2.89. The number of likely N-dealkylation sites (tertiary alicyclic amines) is 1. The Morgan fingerprint density at radius 2 is 1.66 bits per heavy atom. The Morgan fingerprint density at radius 1 is 1.00 bits per heavy atom. The molecule has 3 rings (SSSR count). The molecular weight excluding hydrogens is 368 g/mol. The molecule has 1 aliphatic heterocycles. The van der Waals surface area contributed by atoms with E-state index in [1.807, 2.05) is 36.1 Å². The quantitative estimate of drug-likeness (QED) is 0.765. The summed E-state index contributed by atoms with van der Waals surface area (Å²) in [6.45, 7) is 3.40. The third-order valence-corrected chi connectivity index (χ3v) is 5.06. The number of hydrogen-bond donors (Lipinski definition) is 1. The summed E-state index contributed by atoms with van der Waals surface area (Å²) in [6, 6.07) is 14.4. The fourth-order valence-electron chi connectivity index (χ4n) is 3.45. The summed E-state index contributed by atoms with van der Waals surface area (Å²) in [7, 11) is 1.56. The SMILES string of the molecule is CC[C@@H](Oc1ccccc1OC)C(=O)Nc1ccccc1C(=O)N1CCCCC1. The Morgan fingerprint density at radius 3 is 2.34 bits per heavy atom. The third-order valence-electron chi connectivity index (χ3n) is 5.06. The first-order valence-corrected chi connectivity index (χ1v) is 10.1. The predicted molar refractivity (Wildman–Crippen MR) is 113 cm³/mol. The van der Waals surface area contributed by atoms with Crippen molar-refractivity contribution < 1.29 is 19.1 Å². The molecule has 1 heterocycles. The largest absolute Gasteiger partial charge is 0.493 e. The lowest BCUT2D eigenvalue weighted by Gasteiger charge is -2.27. The summed E-state index contributed by atoms with van der Waals surface area (Å²) in [5.74, 6) is 0.741. The first kappa shape index (κ1) is 20.7. The van der Waals surface area contributed by atoms with Crippen LogP contribution in [0.15, 0.2) is 48.5 Å². The van der Waals surface area contributed by atoms with Crippen molar-refractivity contribution in [3.63, 3.8) is 0 Å². The van der Waals surface area contributed by atoms with Gasteiger partial charge in [-0.05, 0) is 49.9 Å². The molecule has 0 unspecified atom stereocenters. The van der Waals surface area contributed by atoms with Gasteiger partial charge in [-0.3, -0.25) is 9.59 Å². The maximum Gasteiger partial charge on any atom is 0.265 e. The van der Waals surface area contributed by atoms with Crippen LogP contribution in [0.25, 0.3) is 0 Å². The van der Waals surface area contributed by atoms with Crippen molar-refractivity contribution in [3.05, 3.63) is 54.1 Å². The van der Waals surface area contributed by atoms with Crippen molar-refractivity contribution in [1.82, 2.24) is 4.90 Å². The van der Waals surface area contributed by atoms with Crippen LogP contribution < -0.4 is 14.8 Å². The van der Waals surface area contributed by atoms with Gasteiger partial charge in [0, 0.05) is 13.1 Å². The molecule has 0 saturated carbocycles. The van der Waals surface area contributed by atoms with Crippen molar-refractivity contribution in [1.29, 1.82) is 0 Å². The number of piperidine rings is 1. The van der Waals surface area contributed by atoms with Crippen LogP contribution in [0.5, 0.6) is 11.5 Å². The molecule has 0 bridgehead atoms. The first-order chi connectivity index (χ1) is 14.1. The number of methoxy groups -OCH3 is 1. The van der Waals surface area contributed by atoms with E-state index in [-0.39, 0.29) is 11.8 Å². The van der Waals surface area contributed by atoms with Crippen molar-refractivity contribution in [2.24, 2.45) is 0 Å². The monoisotopic (exact) mass is 396 g/mol. The van der Waals surface area contributed by atoms with E-state index >= 15 is 0 Å². The molecule has 154 valence electrons. The highest BCUT2D eigenvalue weighted by Crippen LogP contribution is 2.28. The maximum absolute atomic E-state index is 12.9. The zero-order chi connectivity index (χ0) is 20.6. The molecule has 0 aromatic heterocycles. The highest BCUT2D eigenvalue weighted by atomic mass is 16.5. The molecular formula is C23H28N2O4. The highest BCUT2D eigenvalue weighted by molar-refractivity contribution is 6.04. The van der Waals surface area contributed by atoms with E-state index in [0.29, 0.717) is 29.2 Å². The van der Waals surface area contributed by atoms with E-state index in [0.717, 1.165) is 32.4 Å². The molecule has 2 amide bonds. The zero-order valence-electron chi connectivity index (χ0n) is 17.0. The van der Waals surface area contributed by atoms with E-state index in [4.69, 9.17) is 9.47 Å². The fourth-order valence-corrected chi connectivity index (χ4v) is 3.45. The number of benzene rings is 2. The average molecular weight is 396 g/mol. The van der Waals surface area contributed by atoms with Gasteiger partial charge in [0.05, 0.1) is 18.4 Å². The second-order valence-electron chi connectivity index (χ2n) is 7.05. The van der Waals surface area contributed by atoms with Gasteiger partial charge in [-0.15, -0.1) is 0 Å².